The van der Waals surface area contributed by atoms with Gasteiger partial charge in [0.2, 0.25) is 5.91 Å². The number of rotatable bonds is 4. The zero-order valence-electron chi connectivity index (χ0n) is 11.9. The number of carbonyl (C=O) groups is 1. The van der Waals surface area contributed by atoms with Crippen LogP contribution in [-0.4, -0.2) is 43.5 Å². The first-order chi connectivity index (χ1) is 10.1. The summed E-state index contributed by atoms with van der Waals surface area (Å²) < 4.78 is 5.07. The second kappa shape index (κ2) is 7.17. The Kier molecular flexibility index (Phi) is 5.27. The van der Waals surface area contributed by atoms with E-state index >= 15 is 0 Å². The van der Waals surface area contributed by atoms with Gasteiger partial charge in [0.15, 0.2) is 5.96 Å². The van der Waals surface area contributed by atoms with E-state index in [1.165, 1.54) is 0 Å². The Bertz CT molecular complexity index is 542. The molecule has 1 aromatic rings. The van der Waals surface area contributed by atoms with Crippen molar-refractivity contribution in [2.75, 3.05) is 32.1 Å². The topological polar surface area (TPSA) is 80.0 Å². The predicted octanol–water partition coefficient (Wildman–Crippen LogP) is 1.70. The highest BCUT2D eigenvalue weighted by Gasteiger charge is 2.17. The van der Waals surface area contributed by atoms with Crippen LogP contribution in [0.3, 0.4) is 0 Å². The maximum absolute atomic E-state index is 11.8. The van der Waals surface area contributed by atoms with Crippen LogP contribution in [0, 0.1) is 0 Å². The number of methoxy groups -OCH3 is 1. The van der Waals surface area contributed by atoms with Crippen LogP contribution in [0.4, 0.5) is 5.69 Å². The molecule has 1 amide bonds. The Balaban J connectivity index is 1.90. The van der Waals surface area contributed by atoms with E-state index in [0.717, 1.165) is 25.9 Å². The molecule has 1 heterocycles. The van der Waals surface area contributed by atoms with Crippen LogP contribution in [0.25, 0.3) is 0 Å². The van der Waals surface area contributed by atoms with E-state index in [4.69, 9.17) is 22.1 Å². The predicted molar refractivity (Wildman–Crippen MR) is 83.9 cm³/mol. The molecule has 114 valence electrons. The summed E-state index contributed by atoms with van der Waals surface area (Å²) in [5.41, 5.74) is 6.46. The van der Waals surface area contributed by atoms with Crippen molar-refractivity contribution in [1.82, 2.24) is 4.90 Å². The molecule has 7 heteroatoms. The minimum atomic E-state index is 0.00464. The maximum Gasteiger partial charge on any atom is 0.244 e. The SMILES string of the molecule is COc1ccc(NC(N)=NCC(=O)N2CCCC2)cc1Cl. The summed E-state index contributed by atoms with van der Waals surface area (Å²) in [4.78, 5) is 17.7. The number of hydrogen-bond acceptors (Lipinski definition) is 3. The molecule has 1 aliphatic rings. The fourth-order valence-electron chi connectivity index (χ4n) is 2.15. The maximum atomic E-state index is 11.8. The zero-order valence-corrected chi connectivity index (χ0v) is 12.7. The van der Waals surface area contributed by atoms with E-state index in [0.29, 0.717) is 16.5 Å². The average molecular weight is 311 g/mol. The zero-order chi connectivity index (χ0) is 15.2. The molecular weight excluding hydrogens is 292 g/mol. The van der Waals surface area contributed by atoms with Crippen LogP contribution in [0.2, 0.25) is 5.02 Å². The normalized spacial score (nSPS) is 15.1. The third-order valence-electron chi connectivity index (χ3n) is 3.27. The van der Waals surface area contributed by atoms with Gasteiger partial charge in [-0.15, -0.1) is 0 Å². The minimum absolute atomic E-state index is 0.00464. The Morgan fingerprint density at radius 1 is 1.48 bits per heavy atom. The average Bonchev–Trinajstić information content (AvgIpc) is 2.99. The van der Waals surface area contributed by atoms with Crippen LogP contribution in [-0.2, 0) is 4.79 Å². The molecule has 1 saturated heterocycles. The largest absolute Gasteiger partial charge is 0.495 e. The van der Waals surface area contributed by atoms with Crippen molar-refractivity contribution < 1.29 is 9.53 Å². The number of hydrogen-bond donors (Lipinski definition) is 2. The fourth-order valence-corrected chi connectivity index (χ4v) is 2.41. The number of nitrogens with two attached hydrogens (primary N) is 1. The van der Waals surface area contributed by atoms with Gasteiger partial charge in [-0.1, -0.05) is 11.6 Å². The summed E-state index contributed by atoms with van der Waals surface area (Å²) in [7, 11) is 1.55. The molecule has 21 heavy (non-hydrogen) atoms. The first-order valence-corrected chi connectivity index (χ1v) is 7.16. The van der Waals surface area contributed by atoms with Gasteiger partial charge in [0.1, 0.15) is 12.3 Å². The first kappa shape index (κ1) is 15.4. The van der Waals surface area contributed by atoms with Gasteiger partial charge in [0, 0.05) is 18.8 Å². The molecule has 0 aliphatic carbocycles. The molecule has 0 spiro atoms. The Morgan fingerprint density at radius 2 is 2.19 bits per heavy atom. The van der Waals surface area contributed by atoms with Crippen molar-refractivity contribution in [2.45, 2.75) is 12.8 Å². The van der Waals surface area contributed by atoms with Gasteiger partial charge in [-0.2, -0.15) is 0 Å². The quantitative estimate of drug-likeness (QED) is 0.655. The standard InChI is InChI=1S/C14H19ClN4O2/c1-21-12-5-4-10(8-11(12)15)18-14(16)17-9-13(20)19-6-2-3-7-19/h4-5,8H,2-3,6-7,9H2,1H3,(H3,16,17,18). The summed E-state index contributed by atoms with van der Waals surface area (Å²) in [6, 6.07) is 5.19. The van der Waals surface area contributed by atoms with Crippen molar-refractivity contribution in [3.05, 3.63) is 23.2 Å². The second-order valence-electron chi connectivity index (χ2n) is 4.76. The minimum Gasteiger partial charge on any atom is -0.495 e. The van der Waals surface area contributed by atoms with Gasteiger partial charge in [-0.05, 0) is 31.0 Å². The Hall–Kier alpha value is -1.95. The molecule has 0 unspecified atom stereocenters. The number of nitrogens with one attached hydrogen (secondary N) is 1. The molecule has 0 saturated carbocycles. The third kappa shape index (κ3) is 4.26. The number of amides is 1. The summed E-state index contributed by atoms with van der Waals surface area (Å²) in [5.74, 6) is 0.774. The fraction of sp³-hybridized carbons (Fsp3) is 0.429. The van der Waals surface area contributed by atoms with E-state index in [2.05, 4.69) is 10.3 Å². The molecule has 0 atom stereocenters. The molecule has 1 aromatic carbocycles. The molecule has 0 aromatic heterocycles. The third-order valence-corrected chi connectivity index (χ3v) is 3.56. The van der Waals surface area contributed by atoms with Crippen molar-refractivity contribution in [2.24, 2.45) is 10.7 Å². The highest BCUT2D eigenvalue weighted by molar-refractivity contribution is 6.32. The number of nitrogens with zero attached hydrogens (tertiary/aromatic N) is 2. The molecule has 6 nitrogen and oxygen atoms in total. The van der Waals surface area contributed by atoms with Crippen molar-refractivity contribution in [3.63, 3.8) is 0 Å². The second-order valence-corrected chi connectivity index (χ2v) is 5.17. The van der Waals surface area contributed by atoms with Crippen molar-refractivity contribution in [1.29, 1.82) is 0 Å². The van der Waals surface area contributed by atoms with Gasteiger partial charge >= 0.3 is 0 Å². The first-order valence-electron chi connectivity index (χ1n) is 6.78. The van der Waals surface area contributed by atoms with Crippen LogP contribution in [0.15, 0.2) is 23.2 Å². The summed E-state index contributed by atoms with van der Waals surface area (Å²) in [6.45, 7) is 1.69. The number of halogens is 1. The van der Waals surface area contributed by atoms with E-state index < -0.39 is 0 Å². The molecule has 0 radical (unpaired) electrons. The number of benzene rings is 1. The van der Waals surface area contributed by atoms with Gasteiger partial charge in [-0.3, -0.25) is 4.79 Å². The van der Waals surface area contributed by atoms with E-state index in [9.17, 15) is 4.79 Å². The smallest absolute Gasteiger partial charge is 0.244 e. The molecule has 1 fully saturated rings. The Labute approximate surface area is 128 Å². The highest BCUT2D eigenvalue weighted by Crippen LogP contribution is 2.26. The monoisotopic (exact) mass is 310 g/mol. The van der Waals surface area contributed by atoms with E-state index in [1.54, 1.807) is 30.2 Å². The number of ether oxygens (including phenoxy) is 1. The lowest BCUT2D eigenvalue weighted by Crippen LogP contribution is -2.31. The molecular formula is C14H19ClN4O2. The number of carbonyl (C=O) groups excluding carboxylic acids is 1. The number of likely N-dealkylation sites (tertiary alicyclic amines) is 1. The van der Waals surface area contributed by atoms with Gasteiger partial charge < -0.3 is 20.7 Å². The van der Waals surface area contributed by atoms with Gasteiger partial charge in [0.25, 0.3) is 0 Å². The van der Waals surface area contributed by atoms with E-state index in [1.807, 2.05) is 0 Å². The summed E-state index contributed by atoms with van der Waals surface area (Å²) in [6.07, 6.45) is 2.13. The number of aliphatic imine (C=N–C) groups is 1. The summed E-state index contributed by atoms with van der Waals surface area (Å²) >= 11 is 6.02. The van der Waals surface area contributed by atoms with Crippen LogP contribution < -0.4 is 15.8 Å². The van der Waals surface area contributed by atoms with Gasteiger partial charge in [0.05, 0.1) is 12.1 Å². The molecule has 3 N–H and O–H groups in total. The van der Waals surface area contributed by atoms with Crippen LogP contribution in [0.5, 0.6) is 5.75 Å². The van der Waals surface area contributed by atoms with Gasteiger partial charge in [-0.25, -0.2) is 4.99 Å². The lowest BCUT2D eigenvalue weighted by atomic mass is 10.3. The Morgan fingerprint density at radius 3 is 2.81 bits per heavy atom. The summed E-state index contributed by atoms with van der Waals surface area (Å²) in [5, 5.41) is 3.37. The lowest BCUT2D eigenvalue weighted by Gasteiger charge is -2.13. The van der Waals surface area contributed by atoms with E-state index in [-0.39, 0.29) is 18.4 Å². The molecule has 0 bridgehead atoms. The number of guanidine groups is 1. The lowest BCUT2D eigenvalue weighted by molar-refractivity contribution is -0.128. The highest BCUT2D eigenvalue weighted by atomic mass is 35.5. The van der Waals surface area contributed by atoms with Crippen molar-refractivity contribution >= 4 is 29.2 Å². The number of anilines is 1. The molecule has 2 rings (SSSR count). The van der Waals surface area contributed by atoms with Crippen LogP contribution in [0.1, 0.15) is 12.8 Å². The van der Waals surface area contributed by atoms with Crippen molar-refractivity contribution in [3.8, 4) is 5.75 Å². The van der Waals surface area contributed by atoms with Crippen LogP contribution >= 0.6 is 11.6 Å². The molecule has 1 aliphatic heterocycles.